The van der Waals surface area contributed by atoms with Crippen molar-refractivity contribution in [2.75, 3.05) is 6.54 Å². The van der Waals surface area contributed by atoms with Crippen molar-refractivity contribution in [2.45, 2.75) is 39.5 Å². The fraction of sp³-hybridized carbons (Fsp3) is 0.700. The fourth-order valence-corrected chi connectivity index (χ4v) is 1.35. The Hall–Kier alpha value is -0.830. The molecule has 13 heavy (non-hydrogen) atoms. The lowest BCUT2D eigenvalue weighted by Crippen LogP contribution is -2.02. The Kier molecular flexibility index (Phi) is 3.48. The van der Waals surface area contributed by atoms with E-state index in [0.29, 0.717) is 12.5 Å². The number of nitrogens with two attached hydrogens (primary N) is 1. The second-order valence-corrected chi connectivity index (χ2v) is 3.47. The molecule has 1 aromatic rings. The highest BCUT2D eigenvalue weighted by atomic mass is 16.4. The van der Waals surface area contributed by atoms with Gasteiger partial charge in [0.25, 0.3) is 0 Å². The molecule has 0 spiro atoms. The van der Waals surface area contributed by atoms with Gasteiger partial charge in [-0.25, -0.2) is 4.98 Å². The number of rotatable bonds is 4. The van der Waals surface area contributed by atoms with E-state index in [1.807, 2.05) is 0 Å². The molecule has 0 aliphatic rings. The molecule has 0 aliphatic carbocycles. The lowest BCUT2D eigenvalue weighted by Gasteiger charge is -2.00. The van der Waals surface area contributed by atoms with E-state index in [1.54, 1.807) is 0 Å². The molecule has 1 aromatic heterocycles. The molecule has 0 aromatic carbocycles. The summed E-state index contributed by atoms with van der Waals surface area (Å²) in [5.74, 6) is 2.21. The molecule has 0 bridgehead atoms. The first-order valence-corrected chi connectivity index (χ1v) is 4.87. The van der Waals surface area contributed by atoms with Crippen LogP contribution < -0.4 is 5.73 Å². The van der Waals surface area contributed by atoms with Gasteiger partial charge in [0.05, 0.1) is 5.69 Å². The van der Waals surface area contributed by atoms with Gasteiger partial charge in [0.15, 0.2) is 5.89 Å². The summed E-state index contributed by atoms with van der Waals surface area (Å²) in [5, 5.41) is 0. The quantitative estimate of drug-likeness (QED) is 0.773. The van der Waals surface area contributed by atoms with Crippen LogP contribution in [0.1, 0.15) is 44.0 Å². The summed E-state index contributed by atoms with van der Waals surface area (Å²) in [4.78, 5) is 4.39. The highest BCUT2D eigenvalue weighted by Crippen LogP contribution is 2.21. The molecular formula is C10H18N2O. The average molecular weight is 182 g/mol. The summed E-state index contributed by atoms with van der Waals surface area (Å²) >= 11 is 0. The van der Waals surface area contributed by atoms with Crippen molar-refractivity contribution in [2.24, 2.45) is 5.73 Å². The van der Waals surface area contributed by atoms with Gasteiger partial charge in [-0.2, -0.15) is 0 Å². The molecule has 0 atom stereocenters. The number of hydrogen-bond donors (Lipinski definition) is 1. The minimum Gasteiger partial charge on any atom is -0.445 e. The van der Waals surface area contributed by atoms with Crippen molar-refractivity contribution in [3.05, 3.63) is 17.3 Å². The maximum absolute atomic E-state index is 5.62. The van der Waals surface area contributed by atoms with E-state index in [-0.39, 0.29) is 0 Å². The Bertz CT molecular complexity index is 266. The summed E-state index contributed by atoms with van der Waals surface area (Å²) in [6.07, 6.45) is 1.67. The van der Waals surface area contributed by atoms with Crippen molar-refractivity contribution < 1.29 is 4.42 Å². The zero-order valence-electron chi connectivity index (χ0n) is 8.63. The van der Waals surface area contributed by atoms with E-state index >= 15 is 0 Å². The van der Waals surface area contributed by atoms with E-state index in [0.717, 1.165) is 30.2 Å². The second kappa shape index (κ2) is 4.42. The third-order valence-electron chi connectivity index (χ3n) is 1.99. The van der Waals surface area contributed by atoms with Crippen LogP contribution in [-0.4, -0.2) is 11.5 Å². The molecule has 2 N–H and O–H groups in total. The summed E-state index contributed by atoms with van der Waals surface area (Å²) in [5.41, 5.74) is 6.52. The smallest absolute Gasteiger partial charge is 0.195 e. The van der Waals surface area contributed by atoms with Crippen LogP contribution in [0.3, 0.4) is 0 Å². The number of aryl methyl sites for hydroxylation is 1. The number of oxazole rings is 1. The van der Waals surface area contributed by atoms with Crippen LogP contribution >= 0.6 is 0 Å². The molecule has 3 nitrogen and oxygen atoms in total. The Morgan fingerprint density at radius 1 is 1.46 bits per heavy atom. The van der Waals surface area contributed by atoms with Crippen molar-refractivity contribution in [1.82, 2.24) is 4.98 Å². The summed E-state index contributed by atoms with van der Waals surface area (Å²) in [7, 11) is 0. The average Bonchev–Trinajstić information content (AvgIpc) is 2.48. The first-order chi connectivity index (χ1) is 6.19. The van der Waals surface area contributed by atoms with Gasteiger partial charge >= 0.3 is 0 Å². The van der Waals surface area contributed by atoms with Crippen LogP contribution in [0.25, 0.3) is 0 Å². The van der Waals surface area contributed by atoms with Crippen LogP contribution in [0.2, 0.25) is 0 Å². The van der Waals surface area contributed by atoms with Gasteiger partial charge < -0.3 is 10.2 Å². The van der Waals surface area contributed by atoms with E-state index in [1.165, 1.54) is 0 Å². The standard InChI is InChI=1S/C10H18N2O/c1-4-8-10(7(2)3)13-9(12-8)5-6-11/h7H,4-6,11H2,1-3H3. The van der Waals surface area contributed by atoms with Crippen LogP contribution in [0.15, 0.2) is 4.42 Å². The van der Waals surface area contributed by atoms with E-state index in [2.05, 4.69) is 25.8 Å². The normalized spacial score (nSPS) is 11.2. The topological polar surface area (TPSA) is 52.0 Å². The monoisotopic (exact) mass is 182 g/mol. The third kappa shape index (κ3) is 2.31. The zero-order chi connectivity index (χ0) is 9.84. The Labute approximate surface area is 79.3 Å². The number of aromatic nitrogens is 1. The predicted octanol–water partition coefficient (Wildman–Crippen LogP) is 1.86. The molecule has 0 saturated carbocycles. The molecule has 0 saturated heterocycles. The maximum Gasteiger partial charge on any atom is 0.195 e. The summed E-state index contributed by atoms with van der Waals surface area (Å²) < 4.78 is 5.62. The highest BCUT2D eigenvalue weighted by Gasteiger charge is 2.13. The Balaban J connectivity index is 2.90. The second-order valence-electron chi connectivity index (χ2n) is 3.47. The van der Waals surface area contributed by atoms with Crippen LogP contribution in [0.4, 0.5) is 0 Å². The molecule has 0 fully saturated rings. The van der Waals surface area contributed by atoms with E-state index in [9.17, 15) is 0 Å². The third-order valence-corrected chi connectivity index (χ3v) is 1.99. The number of nitrogens with zero attached hydrogens (tertiary/aromatic N) is 1. The van der Waals surface area contributed by atoms with Gasteiger partial charge in [0.2, 0.25) is 0 Å². The molecule has 3 heteroatoms. The molecule has 1 heterocycles. The Morgan fingerprint density at radius 3 is 2.54 bits per heavy atom. The van der Waals surface area contributed by atoms with Crippen molar-refractivity contribution in [1.29, 1.82) is 0 Å². The molecule has 0 amide bonds. The molecule has 1 rings (SSSR count). The zero-order valence-corrected chi connectivity index (χ0v) is 8.63. The Morgan fingerprint density at radius 2 is 2.15 bits per heavy atom. The van der Waals surface area contributed by atoms with Gasteiger partial charge in [0.1, 0.15) is 5.76 Å². The summed E-state index contributed by atoms with van der Waals surface area (Å²) in [6.45, 7) is 6.93. The van der Waals surface area contributed by atoms with Crippen molar-refractivity contribution >= 4 is 0 Å². The fourth-order valence-electron chi connectivity index (χ4n) is 1.35. The highest BCUT2D eigenvalue weighted by molar-refractivity contribution is 5.13. The molecule has 74 valence electrons. The first-order valence-electron chi connectivity index (χ1n) is 4.87. The molecular weight excluding hydrogens is 164 g/mol. The SMILES string of the molecule is CCc1nc(CCN)oc1C(C)C. The first kappa shape index (κ1) is 10.3. The summed E-state index contributed by atoms with van der Waals surface area (Å²) in [6, 6.07) is 0. The molecule has 0 radical (unpaired) electrons. The van der Waals surface area contributed by atoms with Gasteiger partial charge in [-0.3, -0.25) is 0 Å². The largest absolute Gasteiger partial charge is 0.445 e. The lowest BCUT2D eigenvalue weighted by molar-refractivity contribution is 0.438. The molecule has 0 aliphatic heterocycles. The molecule has 0 unspecified atom stereocenters. The van der Waals surface area contributed by atoms with Gasteiger partial charge in [-0.15, -0.1) is 0 Å². The maximum atomic E-state index is 5.62. The van der Waals surface area contributed by atoms with Crippen molar-refractivity contribution in [3.8, 4) is 0 Å². The number of hydrogen-bond acceptors (Lipinski definition) is 3. The van der Waals surface area contributed by atoms with Gasteiger partial charge in [-0.05, 0) is 6.42 Å². The minimum absolute atomic E-state index is 0.411. The van der Waals surface area contributed by atoms with Crippen LogP contribution in [0, 0.1) is 0 Å². The lowest BCUT2D eigenvalue weighted by atomic mass is 10.1. The van der Waals surface area contributed by atoms with Crippen LogP contribution in [0.5, 0.6) is 0 Å². The van der Waals surface area contributed by atoms with Crippen LogP contribution in [-0.2, 0) is 12.8 Å². The predicted molar refractivity (Wildman–Crippen MR) is 52.7 cm³/mol. The van der Waals surface area contributed by atoms with Crippen molar-refractivity contribution in [3.63, 3.8) is 0 Å². The van der Waals surface area contributed by atoms with E-state index < -0.39 is 0 Å². The van der Waals surface area contributed by atoms with Gasteiger partial charge in [-0.1, -0.05) is 20.8 Å². The van der Waals surface area contributed by atoms with Gasteiger partial charge in [0, 0.05) is 18.9 Å². The van der Waals surface area contributed by atoms with E-state index in [4.69, 9.17) is 10.2 Å². The minimum atomic E-state index is 0.411.